The van der Waals surface area contributed by atoms with E-state index in [-0.39, 0.29) is 11.3 Å². The van der Waals surface area contributed by atoms with E-state index in [4.69, 9.17) is 26.3 Å². The summed E-state index contributed by atoms with van der Waals surface area (Å²) in [6.07, 6.45) is 0. The van der Waals surface area contributed by atoms with Gasteiger partial charge in [-0.1, -0.05) is 83.4 Å². The van der Waals surface area contributed by atoms with Crippen molar-refractivity contribution in [3.8, 4) is 22.5 Å². The number of ketones is 1. The molecule has 5 rings (SSSR count). The maximum Gasteiger partial charge on any atom is 0.338 e. The summed E-state index contributed by atoms with van der Waals surface area (Å²) >= 11 is 6.08. The maximum absolute atomic E-state index is 12.8. The van der Waals surface area contributed by atoms with Crippen molar-refractivity contribution in [3.63, 3.8) is 0 Å². The average Bonchev–Trinajstić information content (AvgIpc) is 2.91. The standard InChI is InChI=1S/C31H23ClN2O3/c1-19-7-11-21(12-8-19)29-30(22-13-9-20(2)10-14-22)34-27-17-23(15-16-26(27)33-29)31(36)37-18-28(35)24-5-3-4-6-25(24)32/h3-17H,18H2,1-2H3. The molecule has 1 heterocycles. The van der Waals surface area contributed by atoms with E-state index >= 15 is 0 Å². The number of aryl methyl sites for hydroxylation is 2. The summed E-state index contributed by atoms with van der Waals surface area (Å²) in [5.41, 5.74) is 7.46. The SMILES string of the molecule is Cc1ccc(-c2nc3ccc(C(=O)OCC(=O)c4ccccc4Cl)cc3nc2-c2ccc(C)cc2)cc1. The Morgan fingerprint density at radius 2 is 1.30 bits per heavy atom. The number of halogens is 1. The van der Waals surface area contributed by atoms with Crippen LogP contribution in [0.5, 0.6) is 0 Å². The highest BCUT2D eigenvalue weighted by atomic mass is 35.5. The van der Waals surface area contributed by atoms with Gasteiger partial charge in [0.15, 0.2) is 6.61 Å². The molecule has 0 fully saturated rings. The van der Waals surface area contributed by atoms with E-state index in [1.54, 1.807) is 42.5 Å². The van der Waals surface area contributed by atoms with E-state index in [1.807, 2.05) is 62.4 Å². The molecular formula is C31H23ClN2O3. The second-order valence-corrected chi connectivity index (χ2v) is 9.24. The Kier molecular flexibility index (Phi) is 6.80. The van der Waals surface area contributed by atoms with Crippen LogP contribution in [0.1, 0.15) is 31.8 Å². The molecule has 0 saturated carbocycles. The van der Waals surface area contributed by atoms with Crippen LogP contribution >= 0.6 is 11.6 Å². The molecule has 5 nitrogen and oxygen atoms in total. The van der Waals surface area contributed by atoms with Crippen LogP contribution in [-0.2, 0) is 4.74 Å². The number of fused-ring (bicyclic) bond motifs is 1. The molecule has 0 N–H and O–H groups in total. The highest BCUT2D eigenvalue weighted by Crippen LogP contribution is 2.31. The van der Waals surface area contributed by atoms with Gasteiger partial charge >= 0.3 is 5.97 Å². The molecule has 182 valence electrons. The number of carbonyl (C=O) groups is 2. The first-order valence-corrected chi connectivity index (χ1v) is 12.2. The largest absolute Gasteiger partial charge is 0.454 e. The molecule has 4 aromatic carbocycles. The molecule has 0 saturated heterocycles. The molecule has 0 aliphatic heterocycles. The van der Waals surface area contributed by atoms with Gasteiger partial charge in [-0.15, -0.1) is 0 Å². The molecule has 0 aliphatic rings. The third-order valence-electron chi connectivity index (χ3n) is 6.06. The zero-order valence-corrected chi connectivity index (χ0v) is 21.1. The van der Waals surface area contributed by atoms with Crippen LogP contribution in [0.2, 0.25) is 5.02 Å². The number of esters is 1. The Balaban J connectivity index is 1.49. The van der Waals surface area contributed by atoms with Crippen LogP contribution in [0.3, 0.4) is 0 Å². The molecule has 0 bridgehead atoms. The minimum absolute atomic E-state index is 0.284. The average molecular weight is 507 g/mol. The number of nitrogens with zero attached hydrogens (tertiary/aromatic N) is 2. The van der Waals surface area contributed by atoms with Crippen LogP contribution in [0, 0.1) is 13.8 Å². The number of hydrogen-bond acceptors (Lipinski definition) is 5. The number of ether oxygens (including phenoxy) is 1. The second kappa shape index (κ2) is 10.3. The van der Waals surface area contributed by atoms with Crippen LogP contribution < -0.4 is 0 Å². The van der Waals surface area contributed by atoms with E-state index in [0.717, 1.165) is 33.6 Å². The fraction of sp³-hybridized carbons (Fsp3) is 0.0968. The first kappa shape index (κ1) is 24.3. The van der Waals surface area contributed by atoms with Crippen molar-refractivity contribution in [2.75, 3.05) is 6.61 Å². The monoisotopic (exact) mass is 506 g/mol. The predicted molar refractivity (Wildman–Crippen MR) is 146 cm³/mol. The van der Waals surface area contributed by atoms with Gasteiger partial charge < -0.3 is 4.74 Å². The lowest BCUT2D eigenvalue weighted by Gasteiger charge is -2.12. The summed E-state index contributed by atoms with van der Waals surface area (Å²) in [4.78, 5) is 35.0. The molecule has 0 spiro atoms. The Morgan fingerprint density at radius 1 is 0.730 bits per heavy atom. The van der Waals surface area contributed by atoms with Gasteiger partial charge in [0.1, 0.15) is 0 Å². The highest BCUT2D eigenvalue weighted by molar-refractivity contribution is 6.34. The van der Waals surface area contributed by atoms with Crippen molar-refractivity contribution in [2.24, 2.45) is 0 Å². The summed E-state index contributed by atoms with van der Waals surface area (Å²) < 4.78 is 5.29. The summed E-state index contributed by atoms with van der Waals surface area (Å²) in [5, 5.41) is 0.317. The topological polar surface area (TPSA) is 69.2 Å². The number of rotatable bonds is 6. The normalized spacial score (nSPS) is 10.9. The van der Waals surface area contributed by atoms with Gasteiger partial charge in [-0.3, -0.25) is 4.79 Å². The lowest BCUT2D eigenvalue weighted by Crippen LogP contribution is -2.14. The first-order valence-electron chi connectivity index (χ1n) is 11.8. The molecule has 0 radical (unpaired) electrons. The Bertz CT molecular complexity index is 1630. The van der Waals surface area contributed by atoms with Gasteiger partial charge in [-0.2, -0.15) is 0 Å². The first-order chi connectivity index (χ1) is 17.9. The van der Waals surface area contributed by atoms with Crippen LogP contribution in [-0.4, -0.2) is 28.3 Å². The van der Waals surface area contributed by atoms with Crippen molar-refractivity contribution in [1.82, 2.24) is 9.97 Å². The number of benzene rings is 4. The zero-order chi connectivity index (χ0) is 25.9. The Hall–Kier alpha value is -4.35. The quantitative estimate of drug-likeness (QED) is 0.179. The minimum Gasteiger partial charge on any atom is -0.454 e. The van der Waals surface area contributed by atoms with Crippen LogP contribution in [0.25, 0.3) is 33.5 Å². The van der Waals surface area contributed by atoms with E-state index < -0.39 is 12.6 Å². The van der Waals surface area contributed by atoms with Crippen molar-refractivity contribution in [3.05, 3.63) is 118 Å². The number of carbonyl (C=O) groups excluding carboxylic acids is 2. The molecule has 6 heteroatoms. The molecule has 0 atom stereocenters. The van der Waals surface area contributed by atoms with Gasteiger partial charge in [0, 0.05) is 16.7 Å². The lowest BCUT2D eigenvalue weighted by molar-refractivity contribution is 0.0475. The van der Waals surface area contributed by atoms with E-state index in [2.05, 4.69) is 0 Å². The third kappa shape index (κ3) is 5.27. The second-order valence-electron chi connectivity index (χ2n) is 8.84. The molecule has 5 aromatic rings. The third-order valence-corrected chi connectivity index (χ3v) is 6.39. The number of hydrogen-bond donors (Lipinski definition) is 0. The molecule has 37 heavy (non-hydrogen) atoms. The maximum atomic E-state index is 12.8. The fourth-order valence-electron chi connectivity index (χ4n) is 3.99. The van der Waals surface area contributed by atoms with Gasteiger partial charge in [0.25, 0.3) is 0 Å². The van der Waals surface area contributed by atoms with Crippen LogP contribution in [0.15, 0.2) is 91.0 Å². The Labute approximate surface area is 219 Å². The van der Waals surface area contributed by atoms with E-state index in [1.165, 1.54) is 0 Å². The number of aromatic nitrogens is 2. The van der Waals surface area contributed by atoms with E-state index in [9.17, 15) is 9.59 Å². The Morgan fingerprint density at radius 3 is 1.89 bits per heavy atom. The van der Waals surface area contributed by atoms with Crippen molar-refractivity contribution < 1.29 is 14.3 Å². The van der Waals surface area contributed by atoms with Gasteiger partial charge in [0.05, 0.1) is 33.0 Å². The summed E-state index contributed by atoms with van der Waals surface area (Å²) in [6.45, 7) is 3.66. The summed E-state index contributed by atoms with van der Waals surface area (Å²) in [5.74, 6) is -0.993. The van der Waals surface area contributed by atoms with Gasteiger partial charge in [-0.25, -0.2) is 14.8 Å². The van der Waals surface area contributed by atoms with E-state index in [0.29, 0.717) is 21.6 Å². The minimum atomic E-state index is -0.622. The van der Waals surface area contributed by atoms with Crippen molar-refractivity contribution >= 4 is 34.4 Å². The highest BCUT2D eigenvalue weighted by Gasteiger charge is 2.17. The van der Waals surface area contributed by atoms with Crippen LogP contribution in [0.4, 0.5) is 0 Å². The molecule has 0 unspecified atom stereocenters. The van der Waals surface area contributed by atoms with Gasteiger partial charge in [-0.05, 0) is 44.2 Å². The molecule has 0 aliphatic carbocycles. The lowest BCUT2D eigenvalue weighted by atomic mass is 10.0. The summed E-state index contributed by atoms with van der Waals surface area (Å²) in [7, 11) is 0. The van der Waals surface area contributed by atoms with Crippen molar-refractivity contribution in [2.45, 2.75) is 13.8 Å². The zero-order valence-electron chi connectivity index (χ0n) is 20.4. The smallest absolute Gasteiger partial charge is 0.338 e. The molecule has 0 amide bonds. The van der Waals surface area contributed by atoms with Gasteiger partial charge in [0.2, 0.25) is 5.78 Å². The predicted octanol–water partition coefficient (Wildman–Crippen LogP) is 7.27. The van der Waals surface area contributed by atoms with Crippen molar-refractivity contribution in [1.29, 1.82) is 0 Å². The molecule has 1 aromatic heterocycles. The summed E-state index contributed by atoms with van der Waals surface area (Å²) in [6, 6.07) is 27.9. The molecular weight excluding hydrogens is 484 g/mol. The number of Topliss-reactive ketones (excluding diaryl/α,β-unsaturated/α-hetero) is 1. The fourth-order valence-corrected chi connectivity index (χ4v) is 4.23.